The lowest BCUT2D eigenvalue weighted by Gasteiger charge is -2.19. The zero-order valence-electron chi connectivity index (χ0n) is 15.4. The van der Waals surface area contributed by atoms with Crippen LogP contribution in [0.1, 0.15) is 58.3 Å². The number of hydrogen-bond acceptors (Lipinski definition) is 6. The molecule has 0 amide bonds. The fourth-order valence-electron chi connectivity index (χ4n) is 2.35. The molecule has 0 heterocycles. The van der Waals surface area contributed by atoms with Crippen LogP contribution >= 0.6 is 0 Å². The van der Waals surface area contributed by atoms with Crippen LogP contribution in [0.5, 0.6) is 0 Å². The summed E-state index contributed by atoms with van der Waals surface area (Å²) in [5.74, 6) is -1.06. The molecule has 0 radical (unpaired) electrons. The summed E-state index contributed by atoms with van der Waals surface area (Å²) in [5, 5.41) is 21.7. The molecule has 8 heteroatoms. The van der Waals surface area contributed by atoms with Crippen molar-refractivity contribution in [2.75, 3.05) is 39.4 Å². The number of aliphatic carboxylic acids is 1. The second-order valence-electron chi connectivity index (χ2n) is 5.96. The Morgan fingerprint density at radius 2 is 1.56 bits per heavy atom. The summed E-state index contributed by atoms with van der Waals surface area (Å²) in [4.78, 5) is 25.6. The average molecular weight is 362 g/mol. The van der Waals surface area contributed by atoms with Crippen molar-refractivity contribution in [2.45, 2.75) is 58.3 Å². The van der Waals surface area contributed by atoms with Crippen LogP contribution in [0.25, 0.3) is 0 Å². The van der Waals surface area contributed by atoms with Crippen molar-refractivity contribution in [3.05, 3.63) is 0 Å². The smallest absolute Gasteiger partial charge is 0.480 e. The first-order chi connectivity index (χ1) is 12.1. The van der Waals surface area contributed by atoms with Crippen LogP contribution in [0.3, 0.4) is 0 Å². The van der Waals surface area contributed by atoms with E-state index in [1.54, 1.807) is 0 Å². The van der Waals surface area contributed by atoms with Crippen molar-refractivity contribution in [1.29, 1.82) is 0 Å². The van der Waals surface area contributed by atoms with E-state index in [0.29, 0.717) is 13.1 Å². The van der Waals surface area contributed by atoms with Crippen molar-refractivity contribution in [3.63, 3.8) is 0 Å². The molecule has 0 spiro atoms. The van der Waals surface area contributed by atoms with E-state index in [-0.39, 0.29) is 13.2 Å². The van der Waals surface area contributed by atoms with Gasteiger partial charge in [-0.15, -0.1) is 5.06 Å². The highest BCUT2D eigenvalue weighted by Crippen LogP contribution is 2.07. The molecule has 0 bridgehead atoms. The third-order valence-electron chi connectivity index (χ3n) is 3.66. The molecule has 0 rings (SSSR count). The van der Waals surface area contributed by atoms with Gasteiger partial charge >= 0.3 is 12.1 Å². The highest BCUT2D eigenvalue weighted by atomic mass is 16.8. The van der Waals surface area contributed by atoms with Crippen LogP contribution in [-0.2, 0) is 14.4 Å². The van der Waals surface area contributed by atoms with Crippen molar-refractivity contribution in [2.24, 2.45) is 0 Å². The van der Waals surface area contributed by atoms with Gasteiger partial charge in [0.1, 0.15) is 6.61 Å². The molecule has 0 atom stereocenters. The summed E-state index contributed by atoms with van der Waals surface area (Å²) in [6.45, 7) is 3.99. The fraction of sp³-hybridized carbons (Fsp3) is 0.882. The lowest BCUT2D eigenvalue weighted by molar-refractivity contribution is -0.147. The molecule has 3 N–H and O–H groups in total. The third-order valence-corrected chi connectivity index (χ3v) is 3.66. The molecular weight excluding hydrogens is 328 g/mol. The van der Waals surface area contributed by atoms with E-state index in [1.165, 1.54) is 50.0 Å². The zero-order valence-corrected chi connectivity index (χ0v) is 15.4. The summed E-state index contributed by atoms with van der Waals surface area (Å²) in [5.41, 5.74) is 0. The molecule has 0 aliphatic rings. The van der Waals surface area contributed by atoms with Gasteiger partial charge in [0.2, 0.25) is 0 Å². The molecule has 0 unspecified atom stereocenters. The molecule has 0 saturated heterocycles. The van der Waals surface area contributed by atoms with E-state index < -0.39 is 18.7 Å². The summed E-state index contributed by atoms with van der Waals surface area (Å²) < 4.78 is 4.88. The molecule has 0 aliphatic carbocycles. The summed E-state index contributed by atoms with van der Waals surface area (Å²) >= 11 is 0. The second kappa shape index (κ2) is 17.4. The van der Waals surface area contributed by atoms with Crippen LogP contribution in [-0.4, -0.2) is 66.8 Å². The Kier molecular flexibility index (Phi) is 16.5. The van der Waals surface area contributed by atoms with Crippen molar-refractivity contribution in [1.82, 2.24) is 10.4 Å². The van der Waals surface area contributed by atoms with E-state index in [9.17, 15) is 9.59 Å². The molecule has 0 aromatic carbocycles. The number of hydroxylamine groups is 2. The molecule has 148 valence electrons. The van der Waals surface area contributed by atoms with Crippen LogP contribution < -0.4 is 5.32 Å². The molecule has 0 aromatic rings. The van der Waals surface area contributed by atoms with E-state index >= 15 is 0 Å². The number of rotatable bonds is 18. The minimum atomic E-state index is -1.39. The van der Waals surface area contributed by atoms with Gasteiger partial charge in [-0.2, -0.15) is 0 Å². The van der Waals surface area contributed by atoms with Gasteiger partial charge in [-0.1, -0.05) is 51.9 Å². The van der Waals surface area contributed by atoms with E-state index in [1.807, 2.05) is 0 Å². The Bertz CT molecular complexity index is 341. The van der Waals surface area contributed by atoms with Gasteiger partial charge in [0.05, 0.1) is 13.2 Å². The van der Waals surface area contributed by atoms with Crippen LogP contribution in [0.15, 0.2) is 0 Å². The monoisotopic (exact) mass is 362 g/mol. The summed E-state index contributed by atoms with van der Waals surface area (Å²) in [6.07, 6.45) is 8.76. The van der Waals surface area contributed by atoms with Crippen molar-refractivity contribution >= 4 is 12.1 Å². The Labute approximate surface area is 150 Å². The molecule has 0 fully saturated rings. The number of carbonyl (C=O) groups is 2. The molecule has 0 saturated carbocycles. The van der Waals surface area contributed by atoms with E-state index in [4.69, 9.17) is 14.9 Å². The maximum absolute atomic E-state index is 10.6. The zero-order chi connectivity index (χ0) is 18.8. The van der Waals surface area contributed by atoms with Crippen molar-refractivity contribution < 1.29 is 29.4 Å². The minimum Gasteiger partial charge on any atom is -0.480 e. The molecular formula is C17H34N2O6. The Balaban J connectivity index is 3.57. The van der Waals surface area contributed by atoms with Crippen LogP contribution in [0.2, 0.25) is 0 Å². The standard InChI is InChI=1S/C17H34N2O6/c1-2-3-4-5-6-7-8-9-10-18-11-12-19(25-17(22)23)13-14-24-15-16(20)21/h18H,2-15H2,1H3,(H,20,21)(H,22,23). The number of nitrogens with zero attached hydrogens (tertiary/aromatic N) is 1. The number of carboxylic acid groups (broad SMARTS) is 2. The highest BCUT2D eigenvalue weighted by molar-refractivity contribution is 5.67. The Morgan fingerprint density at radius 3 is 2.16 bits per heavy atom. The maximum Gasteiger partial charge on any atom is 0.525 e. The SMILES string of the molecule is CCCCCCCCCCNCCN(CCOCC(=O)O)OC(=O)O. The molecule has 25 heavy (non-hydrogen) atoms. The number of unbranched alkanes of at least 4 members (excludes halogenated alkanes) is 7. The first-order valence-corrected chi connectivity index (χ1v) is 9.22. The first-order valence-electron chi connectivity index (χ1n) is 9.22. The van der Waals surface area contributed by atoms with Gasteiger partial charge in [0, 0.05) is 13.1 Å². The summed E-state index contributed by atoms with van der Waals surface area (Å²) in [7, 11) is 0. The van der Waals surface area contributed by atoms with E-state index in [2.05, 4.69) is 17.1 Å². The lowest BCUT2D eigenvalue weighted by atomic mass is 10.1. The molecule has 0 aromatic heterocycles. The average Bonchev–Trinajstić information content (AvgIpc) is 2.55. The second-order valence-corrected chi connectivity index (χ2v) is 5.96. The van der Waals surface area contributed by atoms with Gasteiger partial charge in [-0.05, 0) is 13.0 Å². The van der Waals surface area contributed by atoms with Crippen molar-refractivity contribution in [3.8, 4) is 0 Å². The van der Waals surface area contributed by atoms with Gasteiger partial charge in [-0.25, -0.2) is 9.59 Å². The Hall–Kier alpha value is -1.38. The van der Waals surface area contributed by atoms with Crippen LogP contribution in [0, 0.1) is 0 Å². The minimum absolute atomic E-state index is 0.0949. The van der Waals surface area contributed by atoms with Gasteiger partial charge < -0.3 is 25.1 Å². The number of hydrogen-bond donors (Lipinski definition) is 3. The predicted octanol–water partition coefficient (Wildman–Crippen LogP) is 2.73. The first kappa shape index (κ1) is 23.6. The molecule has 0 aliphatic heterocycles. The topological polar surface area (TPSA) is 108 Å². The lowest BCUT2D eigenvalue weighted by Crippen LogP contribution is -2.36. The largest absolute Gasteiger partial charge is 0.525 e. The normalized spacial score (nSPS) is 11.0. The number of ether oxygens (including phenoxy) is 1. The molecule has 8 nitrogen and oxygen atoms in total. The fourth-order valence-corrected chi connectivity index (χ4v) is 2.35. The number of carboxylic acids is 1. The quantitative estimate of drug-likeness (QED) is 0.252. The summed E-state index contributed by atoms with van der Waals surface area (Å²) in [6, 6.07) is 0. The van der Waals surface area contributed by atoms with Gasteiger partial charge in [-0.3, -0.25) is 0 Å². The van der Waals surface area contributed by atoms with Gasteiger partial charge in [0.25, 0.3) is 0 Å². The Morgan fingerprint density at radius 1 is 0.920 bits per heavy atom. The maximum atomic E-state index is 10.6. The predicted molar refractivity (Wildman–Crippen MR) is 94.6 cm³/mol. The highest BCUT2D eigenvalue weighted by Gasteiger charge is 2.10. The van der Waals surface area contributed by atoms with E-state index in [0.717, 1.165) is 13.0 Å². The van der Waals surface area contributed by atoms with Gasteiger partial charge in [0.15, 0.2) is 0 Å². The third kappa shape index (κ3) is 18.8. The number of nitrogens with one attached hydrogen (secondary N) is 1. The van der Waals surface area contributed by atoms with Crippen LogP contribution in [0.4, 0.5) is 4.79 Å².